The molecule has 1 aromatic heterocycles. The van der Waals surface area contributed by atoms with E-state index in [0.29, 0.717) is 36.2 Å². The van der Waals surface area contributed by atoms with Crippen LogP contribution in [-0.2, 0) is 15.4 Å². The number of phenols is 2. The smallest absolute Gasteiger partial charge is 0.207 e. The zero-order chi connectivity index (χ0) is 23.7. The number of sulfone groups is 1. The molecule has 4 bridgehead atoms. The minimum Gasteiger partial charge on any atom is -0.504 e. The Hall–Kier alpha value is -3.69. The SMILES string of the molecule is O=S1(=O)c2cc(O)c(O)cc2-c2nc(c3ccccc3n2)NC2CCC(O)(C2)c2ccccc21. The number of rotatable bonds is 0. The molecule has 0 saturated heterocycles. The Morgan fingerprint density at radius 1 is 0.941 bits per heavy atom. The van der Waals surface area contributed by atoms with Crippen LogP contribution in [0.4, 0.5) is 5.82 Å². The molecule has 3 aromatic carbocycles. The molecule has 4 aromatic rings. The van der Waals surface area contributed by atoms with Gasteiger partial charge in [0.05, 0.1) is 20.9 Å². The van der Waals surface area contributed by atoms with Gasteiger partial charge in [-0.2, -0.15) is 0 Å². The molecular formula is C25H21N3O5S. The highest BCUT2D eigenvalue weighted by Crippen LogP contribution is 2.46. The van der Waals surface area contributed by atoms with Crippen LogP contribution in [0.25, 0.3) is 22.3 Å². The fourth-order valence-corrected chi connectivity index (χ4v) is 6.80. The molecule has 2 aliphatic rings. The second kappa shape index (κ2) is 7.15. The maximum Gasteiger partial charge on any atom is 0.207 e. The third kappa shape index (κ3) is 3.04. The zero-order valence-electron chi connectivity index (χ0n) is 17.9. The summed E-state index contributed by atoms with van der Waals surface area (Å²) in [4.78, 5) is 8.93. The van der Waals surface area contributed by atoms with Crippen molar-refractivity contribution >= 4 is 26.6 Å². The number of hydrogen-bond donors (Lipinski definition) is 4. The molecule has 2 unspecified atom stereocenters. The van der Waals surface area contributed by atoms with Gasteiger partial charge in [0.2, 0.25) is 9.84 Å². The summed E-state index contributed by atoms with van der Waals surface area (Å²) in [6, 6.07) is 15.8. The van der Waals surface area contributed by atoms with E-state index >= 15 is 0 Å². The normalized spacial score (nSPS) is 22.7. The highest BCUT2D eigenvalue weighted by molar-refractivity contribution is 7.91. The first-order valence-corrected chi connectivity index (χ1v) is 12.4. The molecule has 1 aliphatic carbocycles. The summed E-state index contributed by atoms with van der Waals surface area (Å²) >= 11 is 0. The number of benzene rings is 3. The summed E-state index contributed by atoms with van der Waals surface area (Å²) in [6.45, 7) is 0. The van der Waals surface area contributed by atoms with E-state index in [-0.39, 0.29) is 27.2 Å². The fraction of sp³-hybridized carbons (Fsp3) is 0.200. The third-order valence-electron chi connectivity index (χ3n) is 6.72. The van der Waals surface area contributed by atoms with Crippen molar-refractivity contribution in [2.75, 3.05) is 5.32 Å². The van der Waals surface area contributed by atoms with Crippen molar-refractivity contribution in [1.29, 1.82) is 0 Å². The van der Waals surface area contributed by atoms with Crippen LogP contribution in [0.2, 0.25) is 0 Å². The van der Waals surface area contributed by atoms with Crippen molar-refractivity contribution < 1.29 is 23.7 Å². The van der Waals surface area contributed by atoms with E-state index in [1.807, 2.05) is 18.2 Å². The first-order chi connectivity index (χ1) is 16.3. The highest BCUT2D eigenvalue weighted by atomic mass is 32.2. The van der Waals surface area contributed by atoms with Crippen LogP contribution in [0, 0.1) is 0 Å². The number of nitrogens with one attached hydrogen (secondary N) is 1. The van der Waals surface area contributed by atoms with Gasteiger partial charge in [-0.1, -0.05) is 30.3 Å². The van der Waals surface area contributed by atoms with Crippen LogP contribution >= 0.6 is 0 Å². The second-order valence-corrected chi connectivity index (χ2v) is 10.8. The number of para-hydroxylation sites is 1. The number of phenolic OH excluding ortho intramolecular Hbond substituents is 2. The Balaban J connectivity index is 1.75. The summed E-state index contributed by atoms with van der Waals surface area (Å²) in [5, 5.41) is 36.3. The standard InChI is InChI=1S/C25H21N3O5S/c29-19-11-16-22(12-20(19)30)34(32,33)21-8-4-2-6-17(21)25(31)10-9-14(13-25)26-23-15-5-1-3-7-18(15)27-24(16)28-23/h1-8,11-12,14,29-31H,9-10,13H2,(H,26,27,28). The van der Waals surface area contributed by atoms with Crippen LogP contribution in [0.3, 0.4) is 0 Å². The van der Waals surface area contributed by atoms with Gasteiger partial charge in [0.1, 0.15) is 5.82 Å². The fourth-order valence-electron chi connectivity index (χ4n) is 5.05. The highest BCUT2D eigenvalue weighted by Gasteiger charge is 2.43. The van der Waals surface area contributed by atoms with Crippen LogP contribution < -0.4 is 5.32 Å². The van der Waals surface area contributed by atoms with Gasteiger partial charge < -0.3 is 20.6 Å². The second-order valence-electron chi connectivity index (χ2n) is 8.87. The zero-order valence-corrected chi connectivity index (χ0v) is 18.7. The summed E-state index contributed by atoms with van der Waals surface area (Å²) in [7, 11) is -4.25. The molecule has 0 amide bonds. The lowest BCUT2D eigenvalue weighted by Crippen LogP contribution is -2.28. The van der Waals surface area contributed by atoms with Crippen molar-refractivity contribution in [2.45, 2.75) is 40.7 Å². The van der Waals surface area contributed by atoms with E-state index in [9.17, 15) is 23.7 Å². The van der Waals surface area contributed by atoms with Crippen molar-refractivity contribution in [3.63, 3.8) is 0 Å². The topological polar surface area (TPSA) is 133 Å². The molecule has 8 nitrogen and oxygen atoms in total. The van der Waals surface area contributed by atoms with Gasteiger partial charge in [0.25, 0.3) is 0 Å². The van der Waals surface area contributed by atoms with Crippen molar-refractivity contribution in [3.05, 3.63) is 66.2 Å². The third-order valence-corrected chi connectivity index (χ3v) is 8.57. The molecule has 9 heteroatoms. The number of aromatic hydroxyl groups is 2. The first kappa shape index (κ1) is 20.9. The molecule has 2 atom stereocenters. The molecule has 2 heterocycles. The van der Waals surface area contributed by atoms with E-state index in [1.54, 1.807) is 24.3 Å². The molecule has 1 aliphatic heterocycles. The largest absolute Gasteiger partial charge is 0.504 e. The van der Waals surface area contributed by atoms with E-state index < -0.39 is 26.9 Å². The van der Waals surface area contributed by atoms with Crippen molar-refractivity contribution in [2.24, 2.45) is 0 Å². The monoisotopic (exact) mass is 475 g/mol. The lowest BCUT2D eigenvalue weighted by atomic mass is 9.92. The Morgan fingerprint density at radius 2 is 1.68 bits per heavy atom. The van der Waals surface area contributed by atoms with Crippen LogP contribution in [0.15, 0.2) is 70.5 Å². The molecule has 34 heavy (non-hydrogen) atoms. The molecule has 1 fully saturated rings. The molecular weight excluding hydrogens is 454 g/mol. The Labute approximate surface area is 195 Å². The van der Waals surface area contributed by atoms with Gasteiger partial charge in [0, 0.05) is 35.0 Å². The van der Waals surface area contributed by atoms with E-state index in [2.05, 4.69) is 15.3 Å². The average Bonchev–Trinajstić information content (AvgIpc) is 3.21. The number of aliphatic hydroxyl groups is 1. The number of aromatic nitrogens is 2. The van der Waals surface area contributed by atoms with Gasteiger partial charge >= 0.3 is 0 Å². The molecule has 0 spiro atoms. The number of nitrogens with zero attached hydrogens (tertiary/aromatic N) is 2. The molecule has 4 N–H and O–H groups in total. The van der Waals surface area contributed by atoms with Crippen LogP contribution in [0.1, 0.15) is 24.8 Å². The Bertz CT molecular complexity index is 1590. The maximum absolute atomic E-state index is 14.0. The molecule has 172 valence electrons. The first-order valence-electron chi connectivity index (χ1n) is 10.9. The number of fused-ring (bicyclic) bond motifs is 10. The van der Waals surface area contributed by atoms with Crippen LogP contribution in [0.5, 0.6) is 11.5 Å². The van der Waals surface area contributed by atoms with E-state index in [0.717, 1.165) is 17.5 Å². The van der Waals surface area contributed by atoms with Gasteiger partial charge in [-0.3, -0.25) is 0 Å². The maximum atomic E-state index is 14.0. The summed E-state index contributed by atoms with van der Waals surface area (Å²) in [5.41, 5.74) is -0.394. The Morgan fingerprint density at radius 3 is 2.53 bits per heavy atom. The molecule has 6 rings (SSSR count). The van der Waals surface area contributed by atoms with E-state index in [4.69, 9.17) is 0 Å². The quantitative estimate of drug-likeness (QED) is 0.283. The van der Waals surface area contributed by atoms with Crippen molar-refractivity contribution in [3.8, 4) is 22.9 Å². The lowest BCUT2D eigenvalue weighted by molar-refractivity contribution is 0.0407. The van der Waals surface area contributed by atoms with Crippen LogP contribution in [-0.4, -0.2) is 39.7 Å². The summed E-state index contributed by atoms with van der Waals surface area (Å²) < 4.78 is 28.0. The lowest BCUT2D eigenvalue weighted by Gasteiger charge is -2.27. The minimum atomic E-state index is -4.25. The van der Waals surface area contributed by atoms with Gasteiger partial charge in [0.15, 0.2) is 17.3 Å². The minimum absolute atomic E-state index is 0.0499. The number of hydrogen-bond acceptors (Lipinski definition) is 8. The van der Waals surface area contributed by atoms with Gasteiger partial charge in [-0.05, 0) is 37.1 Å². The van der Waals surface area contributed by atoms with Gasteiger partial charge in [-0.15, -0.1) is 0 Å². The molecule has 0 radical (unpaired) electrons. The Kier molecular flexibility index (Phi) is 4.39. The predicted octanol–water partition coefficient (Wildman–Crippen LogP) is 3.71. The van der Waals surface area contributed by atoms with Gasteiger partial charge in [-0.25, -0.2) is 18.4 Å². The predicted molar refractivity (Wildman–Crippen MR) is 125 cm³/mol. The van der Waals surface area contributed by atoms with E-state index in [1.165, 1.54) is 6.07 Å². The summed E-state index contributed by atoms with van der Waals surface area (Å²) in [5.74, 6) is -0.453. The molecule has 1 saturated carbocycles. The van der Waals surface area contributed by atoms with Crippen molar-refractivity contribution in [1.82, 2.24) is 9.97 Å². The number of anilines is 1. The summed E-state index contributed by atoms with van der Waals surface area (Å²) in [6.07, 6.45) is 1.30. The average molecular weight is 476 g/mol.